The second-order valence-electron chi connectivity index (χ2n) is 7.71. The van der Waals surface area contributed by atoms with Gasteiger partial charge in [-0.05, 0) is 76.7 Å². The van der Waals surface area contributed by atoms with Gasteiger partial charge in [-0.2, -0.15) is 0 Å². The third kappa shape index (κ3) is 3.67. The monoisotopic (exact) mass is 376 g/mol. The first-order valence-electron chi connectivity index (χ1n) is 9.91. The zero-order valence-electron chi connectivity index (χ0n) is 17.1. The van der Waals surface area contributed by atoms with Crippen molar-refractivity contribution in [2.45, 2.75) is 32.7 Å². The van der Waals surface area contributed by atoms with Crippen molar-refractivity contribution in [1.29, 1.82) is 0 Å². The molecule has 0 saturated carbocycles. The van der Waals surface area contributed by atoms with Crippen LogP contribution in [-0.4, -0.2) is 46.7 Å². The van der Waals surface area contributed by atoms with Gasteiger partial charge in [0.25, 0.3) is 0 Å². The second kappa shape index (κ2) is 7.76. The third-order valence-electron chi connectivity index (χ3n) is 5.78. The molecule has 1 aromatic carbocycles. The molecule has 3 aromatic rings. The fraction of sp³-hybridized carbons (Fsp3) is 0.391. The van der Waals surface area contributed by atoms with Crippen LogP contribution in [0.3, 0.4) is 0 Å². The van der Waals surface area contributed by atoms with Crippen LogP contribution in [0.25, 0.3) is 23.2 Å². The van der Waals surface area contributed by atoms with E-state index in [0.29, 0.717) is 6.04 Å². The molecule has 5 nitrogen and oxygen atoms in total. The van der Waals surface area contributed by atoms with Crippen molar-refractivity contribution in [3.8, 4) is 5.75 Å². The minimum atomic E-state index is 0.605. The van der Waals surface area contributed by atoms with Crippen LogP contribution in [0.15, 0.2) is 30.5 Å². The molecule has 0 aliphatic carbocycles. The Balaban J connectivity index is 1.58. The maximum Gasteiger partial charge on any atom is 0.121 e. The van der Waals surface area contributed by atoms with Crippen LogP contribution >= 0.6 is 0 Å². The van der Waals surface area contributed by atoms with Crippen molar-refractivity contribution >= 4 is 23.2 Å². The highest BCUT2D eigenvalue weighted by Gasteiger charge is 2.21. The number of aryl methyl sites for hydroxylation is 1. The Kier molecular flexibility index (Phi) is 5.18. The zero-order valence-corrected chi connectivity index (χ0v) is 17.1. The van der Waals surface area contributed by atoms with E-state index in [1.54, 1.807) is 7.11 Å². The van der Waals surface area contributed by atoms with Crippen LogP contribution in [-0.2, 0) is 0 Å². The minimum Gasteiger partial charge on any atom is -0.497 e. The first kappa shape index (κ1) is 18.7. The molecule has 0 bridgehead atoms. The number of piperidine rings is 1. The van der Waals surface area contributed by atoms with Crippen molar-refractivity contribution in [3.63, 3.8) is 0 Å². The summed E-state index contributed by atoms with van der Waals surface area (Å²) in [7, 11) is 3.87. The fourth-order valence-corrected chi connectivity index (χ4v) is 4.17. The zero-order chi connectivity index (χ0) is 19.7. The van der Waals surface area contributed by atoms with Crippen molar-refractivity contribution < 1.29 is 4.74 Å². The second-order valence-corrected chi connectivity index (χ2v) is 7.71. The summed E-state index contributed by atoms with van der Waals surface area (Å²) in [6.45, 7) is 6.78. The van der Waals surface area contributed by atoms with E-state index in [0.717, 1.165) is 22.5 Å². The lowest BCUT2D eigenvalue weighted by molar-refractivity contribution is 0.218. The first-order valence-corrected chi connectivity index (χ1v) is 9.91. The van der Waals surface area contributed by atoms with Gasteiger partial charge in [0.1, 0.15) is 5.75 Å². The van der Waals surface area contributed by atoms with Gasteiger partial charge in [0.05, 0.1) is 30.0 Å². The lowest BCUT2D eigenvalue weighted by Gasteiger charge is -2.31. The number of rotatable bonds is 4. The number of aromatic nitrogens is 3. The van der Waals surface area contributed by atoms with Crippen LogP contribution < -0.4 is 4.74 Å². The molecule has 3 heterocycles. The number of hydrogen-bond acceptors (Lipinski definition) is 4. The Hall–Kier alpha value is -2.66. The van der Waals surface area contributed by atoms with Crippen molar-refractivity contribution in [1.82, 2.24) is 19.4 Å². The molecule has 0 spiro atoms. The summed E-state index contributed by atoms with van der Waals surface area (Å²) < 4.78 is 7.77. The average molecular weight is 377 g/mol. The highest BCUT2D eigenvalue weighted by molar-refractivity contribution is 5.78. The first-order chi connectivity index (χ1) is 13.5. The smallest absolute Gasteiger partial charge is 0.121 e. The third-order valence-corrected chi connectivity index (χ3v) is 5.78. The maximum absolute atomic E-state index is 5.25. The summed E-state index contributed by atoms with van der Waals surface area (Å²) in [5, 5.41) is 0. The Morgan fingerprint density at radius 3 is 2.61 bits per heavy atom. The van der Waals surface area contributed by atoms with E-state index in [1.165, 1.54) is 42.9 Å². The van der Waals surface area contributed by atoms with Gasteiger partial charge in [-0.1, -0.05) is 6.08 Å². The molecule has 0 atom stereocenters. The molecule has 0 N–H and O–H groups in total. The Morgan fingerprint density at radius 1 is 1.07 bits per heavy atom. The molecule has 0 unspecified atom stereocenters. The largest absolute Gasteiger partial charge is 0.497 e. The summed E-state index contributed by atoms with van der Waals surface area (Å²) >= 11 is 0. The fourth-order valence-electron chi connectivity index (χ4n) is 4.17. The molecule has 1 aliphatic heterocycles. The van der Waals surface area contributed by atoms with Crippen molar-refractivity contribution in [2.75, 3.05) is 27.2 Å². The number of hydrogen-bond donors (Lipinski definition) is 0. The lowest BCUT2D eigenvalue weighted by atomic mass is 10.0. The van der Waals surface area contributed by atoms with E-state index in [1.807, 2.05) is 24.4 Å². The summed E-state index contributed by atoms with van der Waals surface area (Å²) in [4.78, 5) is 11.6. The number of nitrogens with zero attached hydrogens (tertiary/aromatic N) is 4. The number of methoxy groups -OCH3 is 1. The number of fused-ring (bicyclic) bond motifs is 1. The molecular weight excluding hydrogens is 348 g/mol. The predicted molar refractivity (Wildman–Crippen MR) is 115 cm³/mol. The van der Waals surface area contributed by atoms with Crippen molar-refractivity contribution in [2.24, 2.45) is 0 Å². The van der Waals surface area contributed by atoms with E-state index in [-0.39, 0.29) is 0 Å². The Labute approximate surface area is 166 Å². The SMILES string of the molecule is COc1ccc2nc(C=Cc3cc(C)n(C4CCN(C)CC4)c3C)cnc2c1. The molecule has 1 fully saturated rings. The standard InChI is InChI=1S/C23H28N4O/c1-16-13-18(17(2)27(16)20-9-11-26(3)12-10-20)5-6-19-15-24-23-14-21(28-4)7-8-22(23)25-19/h5-8,13-15,20H,9-12H2,1-4H3. The van der Waals surface area contributed by atoms with Crippen LogP contribution in [0.4, 0.5) is 0 Å². The Bertz CT molecular complexity index is 1010. The van der Waals surface area contributed by atoms with E-state index in [2.05, 4.69) is 53.6 Å². The van der Waals surface area contributed by atoms with Crippen LogP contribution in [0, 0.1) is 13.8 Å². The summed E-state index contributed by atoms with van der Waals surface area (Å²) in [6, 6.07) is 8.66. The highest BCUT2D eigenvalue weighted by atomic mass is 16.5. The molecule has 4 rings (SSSR count). The molecule has 0 radical (unpaired) electrons. The van der Waals surface area contributed by atoms with Gasteiger partial charge in [-0.25, -0.2) is 4.98 Å². The average Bonchev–Trinajstić information content (AvgIpc) is 3.00. The molecule has 28 heavy (non-hydrogen) atoms. The molecule has 1 aliphatic rings. The molecule has 1 saturated heterocycles. The maximum atomic E-state index is 5.25. The summed E-state index contributed by atoms with van der Waals surface area (Å²) in [6.07, 6.45) is 8.46. The minimum absolute atomic E-state index is 0.605. The predicted octanol–water partition coefficient (Wildman–Crippen LogP) is 4.49. The topological polar surface area (TPSA) is 43.2 Å². The normalized spacial score (nSPS) is 16.3. The van der Waals surface area contributed by atoms with Crippen LogP contribution in [0.2, 0.25) is 0 Å². The molecular formula is C23H28N4O. The van der Waals surface area contributed by atoms with Crippen molar-refractivity contribution in [3.05, 3.63) is 53.1 Å². The number of likely N-dealkylation sites (tertiary alicyclic amines) is 1. The van der Waals surface area contributed by atoms with Gasteiger partial charge < -0.3 is 14.2 Å². The van der Waals surface area contributed by atoms with Crippen LogP contribution in [0.5, 0.6) is 5.75 Å². The van der Waals surface area contributed by atoms with Gasteiger partial charge in [-0.3, -0.25) is 4.98 Å². The van der Waals surface area contributed by atoms with Gasteiger partial charge in [-0.15, -0.1) is 0 Å². The molecule has 5 heteroatoms. The van der Waals surface area contributed by atoms with E-state index in [4.69, 9.17) is 9.72 Å². The van der Waals surface area contributed by atoms with E-state index in [9.17, 15) is 0 Å². The van der Waals surface area contributed by atoms with E-state index < -0.39 is 0 Å². The van der Waals surface area contributed by atoms with Gasteiger partial charge in [0.2, 0.25) is 0 Å². The number of benzene rings is 1. The van der Waals surface area contributed by atoms with E-state index >= 15 is 0 Å². The summed E-state index contributed by atoms with van der Waals surface area (Å²) in [5.74, 6) is 0.798. The number of ether oxygens (including phenoxy) is 1. The van der Waals surface area contributed by atoms with Gasteiger partial charge >= 0.3 is 0 Å². The molecule has 0 amide bonds. The van der Waals surface area contributed by atoms with Crippen LogP contribution in [0.1, 0.15) is 41.5 Å². The molecule has 146 valence electrons. The van der Waals surface area contributed by atoms with Gasteiger partial charge in [0, 0.05) is 23.5 Å². The molecule has 2 aromatic heterocycles. The lowest BCUT2D eigenvalue weighted by Crippen LogP contribution is -2.32. The highest BCUT2D eigenvalue weighted by Crippen LogP contribution is 2.29. The summed E-state index contributed by atoms with van der Waals surface area (Å²) in [5.41, 5.74) is 6.51. The van der Waals surface area contributed by atoms with Gasteiger partial charge in [0.15, 0.2) is 0 Å². The quantitative estimate of drug-likeness (QED) is 0.673. The Morgan fingerprint density at radius 2 is 1.86 bits per heavy atom.